The van der Waals surface area contributed by atoms with Crippen LogP contribution in [0.4, 0.5) is 0 Å². The highest BCUT2D eigenvalue weighted by atomic mass is 35.5. The van der Waals surface area contributed by atoms with E-state index in [0.29, 0.717) is 6.54 Å². The summed E-state index contributed by atoms with van der Waals surface area (Å²) in [6, 6.07) is 5.98. The summed E-state index contributed by atoms with van der Waals surface area (Å²) in [6.07, 6.45) is 0. The molecule has 8 nitrogen and oxygen atoms in total. The number of carbonyl (C=O) groups excluding carboxylic acids is 2. The van der Waals surface area contributed by atoms with Gasteiger partial charge in [-0.25, -0.2) is 8.42 Å². The number of hydrogen-bond acceptors (Lipinski definition) is 5. The first-order valence-electron chi connectivity index (χ1n) is 8.23. The highest BCUT2D eigenvalue weighted by Crippen LogP contribution is 2.17. The predicted octanol–water partition coefficient (Wildman–Crippen LogP) is -0.0433. The van der Waals surface area contributed by atoms with Crippen molar-refractivity contribution < 1.29 is 18.0 Å². The quantitative estimate of drug-likeness (QED) is 0.591. The number of hydrogen-bond donors (Lipinski definition) is 3. The zero-order valence-electron chi connectivity index (χ0n) is 14.8. The lowest BCUT2D eigenvalue weighted by atomic mass is 10.2. The van der Waals surface area contributed by atoms with Crippen LogP contribution in [0.15, 0.2) is 29.2 Å². The van der Waals surface area contributed by atoms with Gasteiger partial charge in [-0.05, 0) is 31.7 Å². The Morgan fingerprint density at radius 1 is 1.38 bits per heavy atom. The summed E-state index contributed by atoms with van der Waals surface area (Å²) in [5.41, 5.74) is 0.270. The van der Waals surface area contributed by atoms with Crippen LogP contribution in [-0.2, 0) is 14.8 Å². The van der Waals surface area contributed by atoms with Crippen molar-refractivity contribution in [1.82, 2.24) is 20.3 Å². The lowest BCUT2D eigenvalue weighted by Gasteiger charge is -2.26. The van der Waals surface area contributed by atoms with Crippen LogP contribution in [0.1, 0.15) is 24.2 Å². The first-order chi connectivity index (χ1) is 11.8. The van der Waals surface area contributed by atoms with E-state index in [4.69, 9.17) is 0 Å². The molecule has 1 saturated heterocycles. The fraction of sp³-hybridized carbons (Fsp3) is 0.500. The minimum atomic E-state index is -3.81. The Morgan fingerprint density at radius 2 is 2.12 bits per heavy atom. The van der Waals surface area contributed by atoms with Crippen LogP contribution in [0.5, 0.6) is 0 Å². The van der Waals surface area contributed by atoms with Crippen molar-refractivity contribution in [2.75, 3.05) is 32.7 Å². The fourth-order valence-corrected chi connectivity index (χ4v) is 3.98. The van der Waals surface area contributed by atoms with E-state index in [1.165, 1.54) is 18.2 Å². The summed E-state index contributed by atoms with van der Waals surface area (Å²) < 4.78 is 26.4. The number of sulfonamides is 1. The highest BCUT2D eigenvalue weighted by molar-refractivity contribution is 7.89. The maximum absolute atomic E-state index is 12.7. The van der Waals surface area contributed by atoms with Gasteiger partial charge in [0.25, 0.3) is 5.91 Å². The topological polar surface area (TPSA) is 108 Å². The molecule has 0 saturated carbocycles. The number of rotatable bonds is 7. The fourth-order valence-electron chi connectivity index (χ4n) is 2.54. The molecule has 0 unspecified atom stereocenters. The Bertz CT molecular complexity index is 742. The zero-order chi connectivity index (χ0) is 18.4. The van der Waals surface area contributed by atoms with Crippen molar-refractivity contribution >= 4 is 34.2 Å². The van der Waals surface area contributed by atoms with E-state index in [1.54, 1.807) is 6.07 Å². The Labute approximate surface area is 160 Å². The number of nitrogens with one attached hydrogen (secondary N) is 3. The first-order valence-corrected chi connectivity index (χ1v) is 9.67. The molecule has 26 heavy (non-hydrogen) atoms. The summed E-state index contributed by atoms with van der Waals surface area (Å²) in [5, 5.41) is 8.54. The van der Waals surface area contributed by atoms with Gasteiger partial charge >= 0.3 is 0 Å². The van der Waals surface area contributed by atoms with E-state index in [0.717, 1.165) is 10.8 Å². The second kappa shape index (κ2) is 9.86. The third-order valence-corrected chi connectivity index (χ3v) is 5.70. The molecular formula is C16H25ClN4O4S. The Morgan fingerprint density at radius 3 is 2.77 bits per heavy atom. The van der Waals surface area contributed by atoms with Crippen LogP contribution in [0.3, 0.4) is 0 Å². The molecule has 3 N–H and O–H groups in total. The maximum atomic E-state index is 12.7. The standard InChI is InChI=1S/C16H24N4O4S.ClH/c1-3-17-12(2)10-19-16(22)13-5-4-6-14(9-13)25(23,24)20-8-7-18-15(21)11-20;/h4-6,9,12,17H,3,7-8,10-11H2,1-2H3,(H,18,21)(H,19,22);1H/t12-;/m1./s1. The molecule has 1 aromatic carbocycles. The predicted molar refractivity (Wildman–Crippen MR) is 101 cm³/mol. The number of likely N-dealkylation sites (N-methyl/N-ethyl adjacent to an activating group) is 1. The molecule has 146 valence electrons. The molecule has 1 fully saturated rings. The molecule has 0 bridgehead atoms. The maximum Gasteiger partial charge on any atom is 0.251 e. The molecule has 0 aromatic heterocycles. The van der Waals surface area contributed by atoms with Gasteiger partial charge in [-0.1, -0.05) is 13.0 Å². The lowest BCUT2D eigenvalue weighted by Crippen LogP contribution is -2.49. The van der Waals surface area contributed by atoms with Gasteiger partial charge in [-0.3, -0.25) is 9.59 Å². The molecule has 2 amide bonds. The molecule has 1 atom stereocenters. The average Bonchev–Trinajstić information content (AvgIpc) is 2.60. The zero-order valence-corrected chi connectivity index (χ0v) is 16.5. The van der Waals surface area contributed by atoms with Crippen molar-refractivity contribution in [1.29, 1.82) is 0 Å². The largest absolute Gasteiger partial charge is 0.354 e. The third-order valence-electron chi connectivity index (χ3n) is 3.86. The lowest BCUT2D eigenvalue weighted by molar-refractivity contribution is -0.122. The monoisotopic (exact) mass is 404 g/mol. The molecule has 0 radical (unpaired) electrons. The van der Waals surface area contributed by atoms with E-state index < -0.39 is 10.0 Å². The molecule has 1 aromatic rings. The SMILES string of the molecule is CCN[C@H](C)CNC(=O)c1cccc(S(=O)(=O)N2CCNC(=O)C2)c1.Cl. The van der Waals surface area contributed by atoms with Crippen molar-refractivity contribution in [2.45, 2.75) is 24.8 Å². The molecule has 1 aliphatic rings. The van der Waals surface area contributed by atoms with Gasteiger partial charge in [0.15, 0.2) is 0 Å². The molecule has 0 spiro atoms. The summed E-state index contributed by atoms with van der Waals surface area (Å²) in [6.45, 7) is 5.45. The van der Waals surface area contributed by atoms with Gasteiger partial charge in [0, 0.05) is 31.2 Å². The van der Waals surface area contributed by atoms with Crippen LogP contribution in [0.25, 0.3) is 0 Å². The van der Waals surface area contributed by atoms with Gasteiger partial charge in [0.05, 0.1) is 11.4 Å². The minimum absolute atomic E-state index is 0. The van der Waals surface area contributed by atoms with Crippen LogP contribution in [0.2, 0.25) is 0 Å². The number of amides is 2. The number of halogens is 1. The van der Waals surface area contributed by atoms with Gasteiger partial charge < -0.3 is 16.0 Å². The van der Waals surface area contributed by atoms with E-state index in [2.05, 4.69) is 16.0 Å². The van der Waals surface area contributed by atoms with Crippen LogP contribution < -0.4 is 16.0 Å². The van der Waals surface area contributed by atoms with E-state index in [-0.39, 0.29) is 60.4 Å². The highest BCUT2D eigenvalue weighted by Gasteiger charge is 2.29. The Hall–Kier alpha value is -1.68. The second-order valence-electron chi connectivity index (χ2n) is 5.89. The van der Waals surface area contributed by atoms with Crippen LogP contribution in [-0.4, -0.2) is 63.3 Å². The molecule has 1 aliphatic heterocycles. The van der Waals surface area contributed by atoms with Gasteiger partial charge in [-0.15, -0.1) is 12.4 Å². The number of nitrogens with zero attached hydrogens (tertiary/aromatic N) is 1. The van der Waals surface area contributed by atoms with E-state index in [9.17, 15) is 18.0 Å². The van der Waals surface area contributed by atoms with Crippen LogP contribution >= 0.6 is 12.4 Å². The average molecular weight is 405 g/mol. The van der Waals surface area contributed by atoms with Crippen molar-refractivity contribution in [3.8, 4) is 0 Å². The normalized spacial score (nSPS) is 16.3. The van der Waals surface area contributed by atoms with Gasteiger partial charge in [-0.2, -0.15) is 4.31 Å². The number of piperazine rings is 1. The Kier molecular flexibility index (Phi) is 8.48. The summed E-state index contributed by atoms with van der Waals surface area (Å²) in [5.74, 6) is -0.667. The third kappa shape index (κ3) is 5.66. The van der Waals surface area contributed by atoms with Crippen molar-refractivity contribution in [3.05, 3.63) is 29.8 Å². The summed E-state index contributed by atoms with van der Waals surface area (Å²) >= 11 is 0. The second-order valence-corrected chi connectivity index (χ2v) is 7.82. The molecule has 10 heteroatoms. The van der Waals surface area contributed by atoms with E-state index >= 15 is 0 Å². The molecule has 1 heterocycles. The minimum Gasteiger partial charge on any atom is -0.354 e. The number of benzene rings is 1. The van der Waals surface area contributed by atoms with Crippen molar-refractivity contribution in [3.63, 3.8) is 0 Å². The molecular weight excluding hydrogens is 380 g/mol. The van der Waals surface area contributed by atoms with Gasteiger partial charge in [0.1, 0.15) is 0 Å². The van der Waals surface area contributed by atoms with Crippen LogP contribution in [0, 0.1) is 0 Å². The summed E-state index contributed by atoms with van der Waals surface area (Å²) in [4.78, 5) is 23.7. The smallest absolute Gasteiger partial charge is 0.251 e. The first kappa shape index (κ1) is 22.4. The molecule has 0 aliphatic carbocycles. The molecule has 2 rings (SSSR count). The Balaban J connectivity index is 0.00000338. The summed E-state index contributed by atoms with van der Waals surface area (Å²) in [7, 11) is -3.81. The van der Waals surface area contributed by atoms with Crippen molar-refractivity contribution in [2.24, 2.45) is 0 Å². The van der Waals surface area contributed by atoms with E-state index in [1.807, 2.05) is 13.8 Å². The van der Waals surface area contributed by atoms with Gasteiger partial charge in [0.2, 0.25) is 15.9 Å². The number of carbonyl (C=O) groups is 2.